The van der Waals surface area contributed by atoms with Crippen molar-refractivity contribution in [3.8, 4) is 0 Å². The van der Waals surface area contributed by atoms with Crippen molar-refractivity contribution in [2.45, 2.75) is 38.5 Å². The van der Waals surface area contributed by atoms with Gasteiger partial charge in [0, 0.05) is 42.9 Å². The number of carbonyl (C=O) groups excluding carboxylic acids is 1. The van der Waals surface area contributed by atoms with Gasteiger partial charge < -0.3 is 20.3 Å². The monoisotopic (exact) mass is 495 g/mol. The van der Waals surface area contributed by atoms with Gasteiger partial charge in [-0.15, -0.1) is 0 Å². The lowest BCUT2D eigenvalue weighted by Gasteiger charge is -2.32. The van der Waals surface area contributed by atoms with Crippen molar-refractivity contribution in [2.24, 2.45) is 0 Å². The first-order valence-electron chi connectivity index (χ1n) is 12.0. The Hall–Kier alpha value is -3.09. The third-order valence-corrected chi connectivity index (χ3v) is 6.52. The number of halogens is 2. The second-order valence-electron chi connectivity index (χ2n) is 8.75. The third-order valence-electron chi connectivity index (χ3n) is 6.28. The van der Waals surface area contributed by atoms with Crippen LogP contribution in [-0.4, -0.2) is 36.7 Å². The van der Waals surface area contributed by atoms with Crippen molar-refractivity contribution < 1.29 is 13.9 Å². The van der Waals surface area contributed by atoms with Crippen LogP contribution >= 0.6 is 11.6 Å². The van der Waals surface area contributed by atoms with Crippen molar-refractivity contribution in [1.82, 2.24) is 10.2 Å². The van der Waals surface area contributed by atoms with E-state index in [4.69, 9.17) is 16.3 Å². The van der Waals surface area contributed by atoms with Crippen LogP contribution in [0.3, 0.4) is 0 Å². The Morgan fingerprint density at radius 1 is 1.00 bits per heavy atom. The first-order chi connectivity index (χ1) is 17.1. The van der Waals surface area contributed by atoms with Crippen LogP contribution in [0.25, 0.3) is 0 Å². The predicted octanol–water partition coefficient (Wildman–Crippen LogP) is 6.02. The molecule has 7 heteroatoms. The number of ether oxygens (including phenoxy) is 1. The number of likely N-dealkylation sites (tertiary alicyclic amines) is 1. The summed E-state index contributed by atoms with van der Waals surface area (Å²) in [4.78, 5) is 14.2. The number of hydrogen-bond acceptors (Lipinski definition) is 4. The van der Waals surface area contributed by atoms with Gasteiger partial charge in [-0.05, 0) is 54.2 Å². The number of nitrogens with one attached hydrogen (secondary N) is 2. The number of rotatable bonds is 9. The first-order valence-corrected chi connectivity index (χ1v) is 12.4. The van der Waals surface area contributed by atoms with Gasteiger partial charge in [-0.1, -0.05) is 66.2 Å². The van der Waals surface area contributed by atoms with E-state index < -0.39 is 0 Å². The van der Waals surface area contributed by atoms with Gasteiger partial charge in [0.1, 0.15) is 12.4 Å². The highest BCUT2D eigenvalue weighted by Gasteiger charge is 2.23. The Morgan fingerprint density at radius 3 is 2.51 bits per heavy atom. The number of carbonyl (C=O) groups is 1. The molecule has 1 heterocycles. The zero-order valence-electron chi connectivity index (χ0n) is 19.7. The lowest BCUT2D eigenvalue weighted by atomic mass is 10.0. The molecule has 0 spiro atoms. The molecule has 1 aliphatic rings. The highest BCUT2D eigenvalue weighted by molar-refractivity contribution is 6.30. The Morgan fingerprint density at radius 2 is 1.74 bits per heavy atom. The summed E-state index contributed by atoms with van der Waals surface area (Å²) in [7, 11) is 0. The van der Waals surface area contributed by atoms with E-state index in [0.717, 1.165) is 36.2 Å². The fourth-order valence-electron chi connectivity index (χ4n) is 4.23. The zero-order valence-corrected chi connectivity index (χ0v) is 20.4. The Labute approximate surface area is 211 Å². The summed E-state index contributed by atoms with van der Waals surface area (Å²) in [6, 6.07) is 23.0. The van der Waals surface area contributed by atoms with E-state index in [0.29, 0.717) is 49.3 Å². The normalized spacial score (nSPS) is 14.1. The highest BCUT2D eigenvalue weighted by atomic mass is 35.5. The summed E-state index contributed by atoms with van der Waals surface area (Å²) < 4.78 is 19.5. The van der Waals surface area contributed by atoms with Crippen LogP contribution in [0.15, 0.2) is 72.8 Å². The summed E-state index contributed by atoms with van der Waals surface area (Å²) in [5.41, 5.74) is 3.83. The van der Waals surface area contributed by atoms with Gasteiger partial charge >= 0.3 is 6.09 Å². The molecular weight excluding hydrogens is 465 g/mol. The van der Waals surface area contributed by atoms with Crippen molar-refractivity contribution in [2.75, 3.05) is 25.0 Å². The van der Waals surface area contributed by atoms with Gasteiger partial charge in [-0.3, -0.25) is 0 Å². The maximum atomic E-state index is 14.0. The molecule has 1 aliphatic heterocycles. The van der Waals surface area contributed by atoms with Gasteiger partial charge in [0.15, 0.2) is 0 Å². The molecule has 0 unspecified atom stereocenters. The minimum Gasteiger partial charge on any atom is -0.445 e. The number of piperidine rings is 1. The lowest BCUT2D eigenvalue weighted by Crippen LogP contribution is -2.44. The average molecular weight is 496 g/mol. The predicted molar refractivity (Wildman–Crippen MR) is 138 cm³/mol. The minimum absolute atomic E-state index is 0.251. The number of anilines is 1. The SMILES string of the molecule is O=C(OCc1ccccc1)N1CCC(NCc2ccccc2NCCc2ccc(Cl)cc2F)CC1. The van der Waals surface area contributed by atoms with Crippen molar-refractivity contribution in [1.29, 1.82) is 0 Å². The number of para-hydroxylation sites is 1. The van der Waals surface area contributed by atoms with Crippen LogP contribution in [0.1, 0.15) is 29.5 Å². The Kier molecular flexibility index (Phi) is 8.98. The summed E-state index contributed by atoms with van der Waals surface area (Å²) in [5, 5.41) is 7.47. The van der Waals surface area contributed by atoms with E-state index in [1.807, 2.05) is 48.5 Å². The summed E-state index contributed by atoms with van der Waals surface area (Å²) in [6.45, 7) is 3.00. The largest absolute Gasteiger partial charge is 0.445 e. The molecule has 3 aromatic rings. The smallest absolute Gasteiger partial charge is 0.410 e. The maximum absolute atomic E-state index is 14.0. The molecule has 1 fully saturated rings. The molecule has 184 valence electrons. The van der Waals surface area contributed by atoms with Gasteiger partial charge in [0.25, 0.3) is 0 Å². The highest BCUT2D eigenvalue weighted by Crippen LogP contribution is 2.19. The molecule has 5 nitrogen and oxygen atoms in total. The third kappa shape index (κ3) is 7.44. The molecule has 1 amide bonds. The molecule has 0 radical (unpaired) electrons. The molecule has 4 rings (SSSR count). The number of amides is 1. The van der Waals surface area contributed by atoms with E-state index in [1.165, 1.54) is 6.07 Å². The fraction of sp³-hybridized carbons (Fsp3) is 0.321. The van der Waals surface area contributed by atoms with E-state index in [-0.39, 0.29) is 11.9 Å². The summed E-state index contributed by atoms with van der Waals surface area (Å²) >= 11 is 5.84. The molecule has 0 atom stereocenters. The quantitative estimate of drug-likeness (QED) is 0.381. The topological polar surface area (TPSA) is 53.6 Å². The molecule has 35 heavy (non-hydrogen) atoms. The fourth-order valence-corrected chi connectivity index (χ4v) is 4.39. The molecule has 2 N–H and O–H groups in total. The standard InChI is InChI=1S/C28H31ClFN3O2/c29-24-11-10-22(26(30)18-24)12-15-31-27-9-5-4-8-23(27)19-32-25-13-16-33(17-14-25)28(34)35-20-21-6-2-1-3-7-21/h1-11,18,25,31-32H,12-17,19-20H2. The molecule has 0 aliphatic carbocycles. The van der Waals surface area contributed by atoms with Crippen molar-refractivity contribution in [3.05, 3.63) is 100 Å². The van der Waals surface area contributed by atoms with E-state index in [2.05, 4.69) is 16.7 Å². The molecule has 0 bridgehead atoms. The summed E-state index contributed by atoms with van der Waals surface area (Å²) in [6.07, 6.45) is 2.08. The second kappa shape index (κ2) is 12.6. The van der Waals surface area contributed by atoms with Crippen LogP contribution in [0.4, 0.5) is 14.9 Å². The Bertz CT molecular complexity index is 1100. The molecule has 0 aromatic heterocycles. The summed E-state index contributed by atoms with van der Waals surface area (Å²) in [5.74, 6) is -0.274. The lowest BCUT2D eigenvalue weighted by molar-refractivity contribution is 0.0852. The van der Waals surface area contributed by atoms with Gasteiger partial charge in [-0.2, -0.15) is 0 Å². The number of benzene rings is 3. The van der Waals surface area contributed by atoms with Crippen molar-refractivity contribution in [3.63, 3.8) is 0 Å². The second-order valence-corrected chi connectivity index (χ2v) is 9.19. The van der Waals surface area contributed by atoms with Crippen molar-refractivity contribution >= 4 is 23.4 Å². The van der Waals surface area contributed by atoms with Crippen LogP contribution in [0.5, 0.6) is 0 Å². The maximum Gasteiger partial charge on any atom is 0.410 e. The van der Waals surface area contributed by atoms with Crippen LogP contribution in [0, 0.1) is 5.82 Å². The van der Waals surface area contributed by atoms with Gasteiger partial charge in [0.2, 0.25) is 0 Å². The van der Waals surface area contributed by atoms with E-state index in [9.17, 15) is 9.18 Å². The van der Waals surface area contributed by atoms with E-state index >= 15 is 0 Å². The first kappa shape index (κ1) is 25.0. The Balaban J connectivity index is 1.20. The average Bonchev–Trinajstić information content (AvgIpc) is 2.89. The van der Waals surface area contributed by atoms with Crippen LogP contribution in [0.2, 0.25) is 5.02 Å². The molecule has 1 saturated heterocycles. The zero-order chi connectivity index (χ0) is 24.5. The molecular formula is C28H31ClFN3O2. The van der Waals surface area contributed by atoms with Crippen LogP contribution < -0.4 is 10.6 Å². The van der Waals surface area contributed by atoms with E-state index in [1.54, 1.807) is 17.0 Å². The minimum atomic E-state index is -0.274. The van der Waals surface area contributed by atoms with Gasteiger partial charge in [0.05, 0.1) is 0 Å². The molecule has 3 aromatic carbocycles. The number of nitrogens with zero attached hydrogens (tertiary/aromatic N) is 1. The molecule has 0 saturated carbocycles. The number of hydrogen-bond donors (Lipinski definition) is 2. The van der Waals surface area contributed by atoms with Gasteiger partial charge in [-0.25, -0.2) is 9.18 Å². The van der Waals surface area contributed by atoms with Crippen LogP contribution in [-0.2, 0) is 24.3 Å².